The van der Waals surface area contributed by atoms with Crippen molar-refractivity contribution in [2.75, 3.05) is 50.5 Å². The van der Waals surface area contributed by atoms with Crippen LogP contribution in [0.5, 0.6) is 0 Å². The van der Waals surface area contributed by atoms with Crippen LogP contribution in [-0.4, -0.2) is 50.7 Å². The van der Waals surface area contributed by atoms with E-state index in [1.807, 2.05) is 0 Å². The van der Waals surface area contributed by atoms with Gasteiger partial charge in [-0.3, -0.25) is 0 Å². The first-order valence-corrected chi connectivity index (χ1v) is 7.60. The van der Waals surface area contributed by atoms with Gasteiger partial charge in [-0.1, -0.05) is 11.6 Å². The molecular weight excluding hydrogens is 290 g/mol. The maximum absolute atomic E-state index is 12.2. The zero-order valence-corrected chi connectivity index (χ0v) is 13.3. The minimum Gasteiger partial charge on any atom is -0.462 e. The number of hydrogen-bond donors (Lipinski definition) is 1. The van der Waals surface area contributed by atoms with Crippen molar-refractivity contribution in [1.82, 2.24) is 4.90 Å². The highest BCUT2D eigenvalue weighted by molar-refractivity contribution is 6.34. The largest absolute Gasteiger partial charge is 0.462 e. The highest BCUT2D eigenvalue weighted by Crippen LogP contribution is 2.33. The van der Waals surface area contributed by atoms with Crippen molar-refractivity contribution < 1.29 is 9.53 Å². The van der Waals surface area contributed by atoms with Gasteiger partial charge in [0.2, 0.25) is 0 Å². The molecule has 21 heavy (non-hydrogen) atoms. The van der Waals surface area contributed by atoms with E-state index >= 15 is 0 Å². The van der Waals surface area contributed by atoms with E-state index in [-0.39, 0.29) is 5.97 Å². The summed E-state index contributed by atoms with van der Waals surface area (Å²) in [7, 11) is 2.10. The molecule has 1 heterocycles. The van der Waals surface area contributed by atoms with E-state index in [9.17, 15) is 4.79 Å². The van der Waals surface area contributed by atoms with Crippen molar-refractivity contribution in [1.29, 1.82) is 0 Å². The van der Waals surface area contributed by atoms with Gasteiger partial charge in [-0.05, 0) is 39.1 Å². The van der Waals surface area contributed by atoms with Gasteiger partial charge in [0.05, 0.1) is 22.9 Å². The Hall–Kier alpha value is -1.46. The first kappa shape index (κ1) is 15.9. The van der Waals surface area contributed by atoms with E-state index in [2.05, 4.69) is 16.8 Å². The van der Waals surface area contributed by atoms with Gasteiger partial charge in [0, 0.05) is 25.3 Å². The molecule has 2 rings (SSSR count). The third kappa shape index (κ3) is 3.80. The molecule has 1 fully saturated rings. The normalized spacial score (nSPS) is 16.6. The number of nitrogens with two attached hydrogens (primary N) is 1. The molecule has 0 amide bonds. The molecule has 1 aromatic rings. The van der Waals surface area contributed by atoms with Crippen LogP contribution >= 0.6 is 11.6 Å². The number of nitrogen functional groups attached to an aromatic ring is 1. The van der Waals surface area contributed by atoms with Crippen LogP contribution in [0.25, 0.3) is 0 Å². The molecule has 6 heteroatoms. The monoisotopic (exact) mass is 311 g/mol. The van der Waals surface area contributed by atoms with Crippen LogP contribution in [0.2, 0.25) is 5.02 Å². The van der Waals surface area contributed by atoms with Crippen LogP contribution in [0.15, 0.2) is 12.1 Å². The zero-order valence-electron chi connectivity index (χ0n) is 12.6. The Morgan fingerprint density at radius 3 is 2.81 bits per heavy atom. The lowest BCUT2D eigenvalue weighted by atomic mass is 10.1. The molecule has 1 saturated heterocycles. The Labute approximate surface area is 130 Å². The number of carbonyl (C=O) groups is 1. The molecule has 0 spiro atoms. The number of hydrogen-bond acceptors (Lipinski definition) is 5. The van der Waals surface area contributed by atoms with Crippen molar-refractivity contribution in [2.45, 2.75) is 13.3 Å². The van der Waals surface area contributed by atoms with Gasteiger partial charge in [-0.15, -0.1) is 0 Å². The second-order valence-electron chi connectivity index (χ2n) is 5.26. The Kier molecular flexibility index (Phi) is 5.31. The Bertz CT molecular complexity index is 522. The summed E-state index contributed by atoms with van der Waals surface area (Å²) in [6.07, 6.45) is 1.03. The van der Waals surface area contributed by atoms with Gasteiger partial charge >= 0.3 is 5.97 Å². The smallest absolute Gasteiger partial charge is 0.340 e. The van der Waals surface area contributed by atoms with Crippen LogP contribution < -0.4 is 10.6 Å². The Morgan fingerprint density at radius 1 is 1.33 bits per heavy atom. The number of likely N-dealkylation sites (N-methyl/N-ethyl adjacent to an activating group) is 1. The van der Waals surface area contributed by atoms with Crippen molar-refractivity contribution in [3.8, 4) is 0 Å². The first-order chi connectivity index (χ1) is 10.0. The number of benzene rings is 1. The lowest BCUT2D eigenvalue weighted by molar-refractivity contribution is 0.0527. The van der Waals surface area contributed by atoms with E-state index in [1.165, 1.54) is 0 Å². The molecule has 0 saturated carbocycles. The van der Waals surface area contributed by atoms with E-state index in [4.69, 9.17) is 22.1 Å². The van der Waals surface area contributed by atoms with Gasteiger partial charge < -0.3 is 20.3 Å². The summed E-state index contributed by atoms with van der Waals surface area (Å²) in [5.41, 5.74) is 7.48. The van der Waals surface area contributed by atoms with Crippen molar-refractivity contribution >= 4 is 28.9 Å². The lowest BCUT2D eigenvalue weighted by Crippen LogP contribution is -2.30. The fourth-order valence-corrected chi connectivity index (χ4v) is 2.92. The van der Waals surface area contributed by atoms with Crippen LogP contribution in [0.4, 0.5) is 11.4 Å². The molecule has 1 aliphatic heterocycles. The SMILES string of the molecule is CCOC(=O)c1cc(N)cc(Cl)c1N1CCCN(C)CC1. The second kappa shape index (κ2) is 7.00. The average molecular weight is 312 g/mol. The third-order valence-electron chi connectivity index (χ3n) is 3.62. The number of nitrogens with zero attached hydrogens (tertiary/aromatic N) is 2. The summed E-state index contributed by atoms with van der Waals surface area (Å²) in [4.78, 5) is 16.6. The average Bonchev–Trinajstić information content (AvgIpc) is 2.63. The molecule has 0 atom stereocenters. The number of anilines is 2. The highest BCUT2D eigenvalue weighted by atomic mass is 35.5. The van der Waals surface area contributed by atoms with E-state index in [0.717, 1.165) is 38.3 Å². The molecule has 0 unspecified atom stereocenters. The topological polar surface area (TPSA) is 58.8 Å². The maximum atomic E-state index is 12.2. The molecule has 1 aromatic carbocycles. The number of rotatable bonds is 3. The molecule has 1 aliphatic rings. The third-order valence-corrected chi connectivity index (χ3v) is 3.90. The van der Waals surface area contributed by atoms with Crippen molar-refractivity contribution in [2.24, 2.45) is 0 Å². The molecular formula is C15H22ClN3O2. The minimum atomic E-state index is -0.376. The van der Waals surface area contributed by atoms with E-state index in [0.29, 0.717) is 22.9 Å². The quantitative estimate of drug-likeness (QED) is 0.685. The number of ether oxygens (including phenoxy) is 1. The van der Waals surface area contributed by atoms with Crippen LogP contribution in [-0.2, 0) is 4.74 Å². The van der Waals surface area contributed by atoms with Gasteiger partial charge in [0.1, 0.15) is 0 Å². The molecule has 5 nitrogen and oxygen atoms in total. The minimum absolute atomic E-state index is 0.327. The highest BCUT2D eigenvalue weighted by Gasteiger charge is 2.23. The van der Waals surface area contributed by atoms with E-state index in [1.54, 1.807) is 19.1 Å². The lowest BCUT2D eigenvalue weighted by Gasteiger charge is -2.26. The predicted octanol–water partition coefficient (Wildman–Crippen LogP) is 2.24. The summed E-state index contributed by atoms with van der Waals surface area (Å²) >= 11 is 6.36. The Morgan fingerprint density at radius 2 is 2.10 bits per heavy atom. The first-order valence-electron chi connectivity index (χ1n) is 7.22. The van der Waals surface area contributed by atoms with Gasteiger partial charge in [-0.2, -0.15) is 0 Å². The van der Waals surface area contributed by atoms with Crippen LogP contribution in [0, 0.1) is 0 Å². The van der Waals surface area contributed by atoms with Crippen LogP contribution in [0.3, 0.4) is 0 Å². The van der Waals surface area contributed by atoms with Crippen molar-refractivity contribution in [3.05, 3.63) is 22.7 Å². The summed E-state index contributed by atoms with van der Waals surface area (Å²) < 4.78 is 5.13. The van der Waals surface area contributed by atoms with Gasteiger partial charge in [0.15, 0.2) is 0 Å². The van der Waals surface area contributed by atoms with Gasteiger partial charge in [0.25, 0.3) is 0 Å². The van der Waals surface area contributed by atoms with Gasteiger partial charge in [-0.25, -0.2) is 4.79 Å². The number of halogens is 1. The van der Waals surface area contributed by atoms with Crippen LogP contribution in [0.1, 0.15) is 23.7 Å². The molecule has 0 aliphatic carbocycles. The Balaban J connectivity index is 2.38. The fourth-order valence-electron chi connectivity index (χ4n) is 2.58. The standard InChI is InChI=1S/C15H22ClN3O2/c1-3-21-15(20)12-9-11(17)10-13(16)14(12)19-6-4-5-18(2)7-8-19/h9-10H,3-8,17H2,1-2H3. The van der Waals surface area contributed by atoms with Crippen molar-refractivity contribution in [3.63, 3.8) is 0 Å². The number of esters is 1. The predicted molar refractivity (Wildman–Crippen MR) is 86.1 cm³/mol. The molecule has 116 valence electrons. The molecule has 0 radical (unpaired) electrons. The summed E-state index contributed by atoms with van der Waals surface area (Å²) in [5.74, 6) is -0.376. The molecule has 0 aromatic heterocycles. The molecule has 2 N–H and O–H groups in total. The fraction of sp³-hybridized carbons (Fsp3) is 0.533. The number of carbonyl (C=O) groups excluding carboxylic acids is 1. The summed E-state index contributed by atoms with van der Waals surface area (Å²) in [6.45, 7) is 5.77. The molecule has 0 bridgehead atoms. The maximum Gasteiger partial charge on any atom is 0.340 e. The zero-order chi connectivity index (χ0) is 15.4. The summed E-state index contributed by atoms with van der Waals surface area (Å²) in [5, 5.41) is 0.502. The van der Waals surface area contributed by atoms with E-state index < -0.39 is 0 Å². The summed E-state index contributed by atoms with van der Waals surface area (Å²) in [6, 6.07) is 3.34. The second-order valence-corrected chi connectivity index (χ2v) is 5.67.